The van der Waals surface area contributed by atoms with Gasteiger partial charge >= 0.3 is 5.97 Å². The van der Waals surface area contributed by atoms with E-state index in [-0.39, 0.29) is 9.90 Å². The average Bonchev–Trinajstić information content (AvgIpc) is 2.81. The normalized spacial score (nSPS) is 10.9. The Kier molecular flexibility index (Phi) is 3.67. The number of nitrogens with zero attached hydrogens (tertiary/aromatic N) is 2. The quantitative estimate of drug-likeness (QED) is 0.748. The Labute approximate surface area is 133 Å². The number of anilines is 2. The molecule has 5 nitrogen and oxygen atoms in total. The van der Waals surface area contributed by atoms with Gasteiger partial charge in [-0.3, -0.25) is 0 Å². The van der Waals surface area contributed by atoms with Crippen LogP contribution in [0, 0.1) is 12.7 Å². The first-order valence-corrected chi connectivity index (χ1v) is 7.36. The molecule has 0 unspecified atom stereocenters. The molecule has 8 heteroatoms. The highest BCUT2D eigenvalue weighted by atomic mass is 35.5. The number of fused-ring (bicyclic) bond motifs is 1. The van der Waals surface area contributed by atoms with Crippen LogP contribution in [0.3, 0.4) is 0 Å². The van der Waals surface area contributed by atoms with Crippen molar-refractivity contribution in [2.24, 2.45) is 0 Å². The smallest absolute Gasteiger partial charge is 0.346 e. The highest BCUT2D eigenvalue weighted by Crippen LogP contribution is 2.34. The predicted octanol–water partition coefficient (Wildman–Crippen LogP) is 4.23. The van der Waals surface area contributed by atoms with Crippen molar-refractivity contribution in [1.82, 2.24) is 9.97 Å². The van der Waals surface area contributed by atoms with Crippen LogP contribution in [0.2, 0.25) is 5.02 Å². The van der Waals surface area contributed by atoms with Gasteiger partial charge in [-0.15, -0.1) is 11.3 Å². The molecule has 0 saturated heterocycles. The molecule has 0 spiro atoms. The summed E-state index contributed by atoms with van der Waals surface area (Å²) < 4.78 is 13.2. The minimum atomic E-state index is -1.00. The lowest BCUT2D eigenvalue weighted by atomic mass is 10.2. The Hall–Kier alpha value is -2.25. The van der Waals surface area contributed by atoms with E-state index in [9.17, 15) is 14.3 Å². The van der Waals surface area contributed by atoms with E-state index in [1.54, 1.807) is 6.92 Å². The first kappa shape index (κ1) is 14.7. The summed E-state index contributed by atoms with van der Waals surface area (Å²) >= 11 is 6.84. The summed E-state index contributed by atoms with van der Waals surface area (Å²) in [6, 6.07) is 4.20. The van der Waals surface area contributed by atoms with Crippen molar-refractivity contribution in [2.45, 2.75) is 6.92 Å². The second-order valence-electron chi connectivity index (χ2n) is 4.52. The number of rotatable bonds is 3. The van der Waals surface area contributed by atoms with Gasteiger partial charge in [0.05, 0.1) is 10.4 Å². The lowest BCUT2D eigenvalue weighted by molar-refractivity contribution is 0.0701. The summed E-state index contributed by atoms with van der Waals surface area (Å²) in [4.78, 5) is 20.3. The molecule has 22 heavy (non-hydrogen) atoms. The maximum absolute atomic E-state index is 13.2. The fraction of sp³-hybridized carbons (Fsp3) is 0.0714. The van der Waals surface area contributed by atoms with Gasteiger partial charge in [-0.2, -0.15) is 0 Å². The van der Waals surface area contributed by atoms with Gasteiger partial charge in [0.25, 0.3) is 0 Å². The number of halogens is 2. The van der Waals surface area contributed by atoms with Crippen molar-refractivity contribution >= 4 is 50.6 Å². The first-order chi connectivity index (χ1) is 10.5. The van der Waals surface area contributed by atoms with Gasteiger partial charge in [0.2, 0.25) is 0 Å². The molecule has 0 aliphatic carbocycles. The molecule has 0 radical (unpaired) electrons. The van der Waals surface area contributed by atoms with Crippen molar-refractivity contribution in [3.05, 3.63) is 45.8 Å². The Morgan fingerprint density at radius 1 is 1.41 bits per heavy atom. The highest BCUT2D eigenvalue weighted by Gasteiger charge is 2.18. The van der Waals surface area contributed by atoms with E-state index in [1.165, 1.54) is 24.5 Å². The topological polar surface area (TPSA) is 75.1 Å². The average molecular weight is 338 g/mol. The summed E-state index contributed by atoms with van der Waals surface area (Å²) in [5.74, 6) is -1.06. The molecule has 0 atom stereocenters. The van der Waals surface area contributed by atoms with E-state index in [2.05, 4.69) is 15.3 Å². The molecule has 0 fully saturated rings. The van der Waals surface area contributed by atoms with Crippen LogP contribution in [-0.2, 0) is 0 Å². The number of nitrogens with one attached hydrogen (secondary N) is 1. The van der Waals surface area contributed by atoms with E-state index in [0.29, 0.717) is 27.3 Å². The zero-order valence-electron chi connectivity index (χ0n) is 11.2. The molecule has 0 aliphatic rings. The molecule has 3 aromatic rings. The molecule has 2 N–H and O–H groups in total. The molecule has 112 valence electrons. The van der Waals surface area contributed by atoms with Crippen molar-refractivity contribution in [3.8, 4) is 0 Å². The van der Waals surface area contributed by atoms with Gasteiger partial charge < -0.3 is 10.4 Å². The van der Waals surface area contributed by atoms with Crippen LogP contribution in [0.1, 0.15) is 15.2 Å². The molecular weight excluding hydrogens is 329 g/mol. The number of carboxylic acids is 1. The van der Waals surface area contributed by atoms with Gasteiger partial charge in [-0.05, 0) is 30.7 Å². The van der Waals surface area contributed by atoms with Crippen LogP contribution in [-0.4, -0.2) is 21.0 Å². The summed E-state index contributed by atoms with van der Waals surface area (Å²) in [7, 11) is 0. The van der Waals surface area contributed by atoms with Gasteiger partial charge in [0, 0.05) is 5.69 Å². The van der Waals surface area contributed by atoms with E-state index in [1.807, 2.05) is 0 Å². The maximum Gasteiger partial charge on any atom is 0.346 e. The lowest BCUT2D eigenvalue weighted by Crippen LogP contribution is -1.97. The number of hydrogen-bond donors (Lipinski definition) is 2. The number of carboxylic acid groups (broad SMARTS) is 1. The molecule has 0 saturated carbocycles. The SMILES string of the molecule is Cc1c(C(=O)O)sc2ncnc(Nc3ccc(F)c(Cl)c3)c12. The van der Waals surface area contributed by atoms with Crippen molar-refractivity contribution in [3.63, 3.8) is 0 Å². The molecule has 3 rings (SSSR count). The van der Waals surface area contributed by atoms with E-state index < -0.39 is 11.8 Å². The summed E-state index contributed by atoms with van der Waals surface area (Å²) in [5, 5.41) is 12.8. The third kappa shape index (κ3) is 2.49. The highest BCUT2D eigenvalue weighted by molar-refractivity contribution is 7.20. The number of thiophene rings is 1. The molecule has 2 aromatic heterocycles. The van der Waals surface area contributed by atoms with E-state index in [0.717, 1.165) is 11.3 Å². The number of aryl methyl sites for hydroxylation is 1. The Morgan fingerprint density at radius 2 is 2.18 bits per heavy atom. The monoisotopic (exact) mass is 337 g/mol. The maximum atomic E-state index is 13.2. The Bertz CT molecular complexity index is 897. The number of aromatic carboxylic acids is 1. The fourth-order valence-electron chi connectivity index (χ4n) is 2.08. The third-order valence-corrected chi connectivity index (χ3v) is 4.58. The van der Waals surface area contributed by atoms with E-state index in [4.69, 9.17) is 11.6 Å². The first-order valence-electron chi connectivity index (χ1n) is 6.17. The van der Waals surface area contributed by atoms with Crippen LogP contribution in [0.5, 0.6) is 0 Å². The molecule has 0 bridgehead atoms. The predicted molar refractivity (Wildman–Crippen MR) is 83.8 cm³/mol. The summed E-state index contributed by atoms with van der Waals surface area (Å²) in [6.45, 7) is 1.70. The summed E-state index contributed by atoms with van der Waals surface area (Å²) in [5.41, 5.74) is 1.14. The van der Waals surface area contributed by atoms with Crippen LogP contribution in [0.4, 0.5) is 15.9 Å². The lowest BCUT2D eigenvalue weighted by Gasteiger charge is -2.08. The zero-order valence-corrected chi connectivity index (χ0v) is 12.8. The fourth-order valence-corrected chi connectivity index (χ4v) is 3.25. The van der Waals surface area contributed by atoms with Gasteiger partial charge in [0.15, 0.2) is 0 Å². The summed E-state index contributed by atoms with van der Waals surface area (Å²) in [6.07, 6.45) is 1.34. The molecular formula is C14H9ClFN3O2S. The minimum absolute atomic E-state index is 0.0106. The number of aromatic nitrogens is 2. The van der Waals surface area contributed by atoms with Crippen molar-refractivity contribution in [2.75, 3.05) is 5.32 Å². The Balaban J connectivity index is 2.10. The second kappa shape index (κ2) is 5.51. The van der Waals surface area contributed by atoms with Crippen molar-refractivity contribution in [1.29, 1.82) is 0 Å². The molecule has 1 aromatic carbocycles. The third-order valence-electron chi connectivity index (χ3n) is 3.10. The molecule has 0 amide bonds. The van der Waals surface area contributed by atoms with E-state index >= 15 is 0 Å². The van der Waals surface area contributed by atoms with Gasteiger partial charge in [-0.1, -0.05) is 11.6 Å². The van der Waals surface area contributed by atoms with Gasteiger partial charge in [-0.25, -0.2) is 19.2 Å². The van der Waals surface area contributed by atoms with Crippen LogP contribution < -0.4 is 5.32 Å². The minimum Gasteiger partial charge on any atom is -0.477 e. The van der Waals surface area contributed by atoms with Crippen LogP contribution in [0.15, 0.2) is 24.5 Å². The molecule has 2 heterocycles. The van der Waals surface area contributed by atoms with Gasteiger partial charge in [0.1, 0.15) is 27.7 Å². The number of carbonyl (C=O) groups is 1. The Morgan fingerprint density at radius 3 is 2.86 bits per heavy atom. The zero-order chi connectivity index (χ0) is 15.9. The standard InChI is InChI=1S/C14H9ClFN3O2S/c1-6-10-12(19-7-2-3-9(16)8(15)4-7)17-5-18-13(10)22-11(6)14(20)21/h2-5H,1H3,(H,20,21)(H,17,18,19). The largest absolute Gasteiger partial charge is 0.477 e. The van der Waals surface area contributed by atoms with Crippen molar-refractivity contribution < 1.29 is 14.3 Å². The number of hydrogen-bond acceptors (Lipinski definition) is 5. The molecule has 0 aliphatic heterocycles. The van der Waals surface area contributed by atoms with Crippen LogP contribution >= 0.6 is 22.9 Å². The van der Waals surface area contributed by atoms with Crippen LogP contribution in [0.25, 0.3) is 10.2 Å². The number of benzene rings is 1. The second-order valence-corrected chi connectivity index (χ2v) is 5.92.